The zero-order valence-corrected chi connectivity index (χ0v) is 8.81. The highest BCUT2D eigenvalue weighted by Crippen LogP contribution is 2.20. The Bertz CT molecular complexity index is 335. The van der Waals surface area contributed by atoms with Gasteiger partial charge in [-0.1, -0.05) is 18.2 Å². The topological polar surface area (TPSA) is 12.0 Å². The molecule has 0 fully saturated rings. The molecule has 0 saturated carbocycles. The number of benzene rings is 1. The van der Waals surface area contributed by atoms with Crippen molar-refractivity contribution in [2.24, 2.45) is 0 Å². The van der Waals surface area contributed by atoms with Crippen molar-refractivity contribution in [1.82, 2.24) is 5.32 Å². The normalized spacial score (nSPS) is 13.8. The molecule has 0 aliphatic carbocycles. The summed E-state index contributed by atoms with van der Waals surface area (Å²) >= 11 is 0. The maximum Gasteiger partial charge on any atom is 0.390 e. The fourth-order valence-corrected chi connectivity index (χ4v) is 1.37. The van der Waals surface area contributed by atoms with E-state index in [1.54, 1.807) is 25.1 Å². The predicted molar refractivity (Wildman–Crippen MR) is 53.5 cm³/mol. The summed E-state index contributed by atoms with van der Waals surface area (Å²) < 4.78 is 48.9. The van der Waals surface area contributed by atoms with Crippen LogP contribution in [0.5, 0.6) is 0 Å². The standard InChI is InChI=1S/C11H13F4N/c1-8(16-7-6-11(13,14)15)9-4-2-3-5-10(9)12/h2-5,8,16H,6-7H2,1H3. The third-order valence-electron chi connectivity index (χ3n) is 2.23. The van der Waals surface area contributed by atoms with Crippen LogP contribution in [0.25, 0.3) is 0 Å². The van der Waals surface area contributed by atoms with Gasteiger partial charge in [0.15, 0.2) is 0 Å². The summed E-state index contributed by atoms with van der Waals surface area (Å²) in [5.74, 6) is -0.408. The number of halogens is 4. The maximum absolute atomic E-state index is 13.2. The first-order chi connectivity index (χ1) is 7.40. The molecule has 1 aromatic rings. The van der Waals surface area contributed by atoms with Crippen molar-refractivity contribution in [2.45, 2.75) is 25.6 Å². The maximum atomic E-state index is 13.2. The van der Waals surface area contributed by atoms with E-state index in [-0.39, 0.29) is 6.54 Å². The molecule has 0 amide bonds. The van der Waals surface area contributed by atoms with E-state index in [0.29, 0.717) is 5.56 Å². The van der Waals surface area contributed by atoms with Crippen LogP contribution in [0.4, 0.5) is 17.6 Å². The van der Waals surface area contributed by atoms with Gasteiger partial charge < -0.3 is 5.32 Å². The molecule has 1 unspecified atom stereocenters. The molecule has 0 spiro atoms. The number of hydrogen-bond donors (Lipinski definition) is 1. The molecular weight excluding hydrogens is 222 g/mol. The smallest absolute Gasteiger partial charge is 0.310 e. The Balaban J connectivity index is 2.47. The van der Waals surface area contributed by atoms with Crippen LogP contribution in [0.15, 0.2) is 24.3 Å². The highest BCUT2D eigenvalue weighted by atomic mass is 19.4. The average molecular weight is 235 g/mol. The molecule has 0 saturated heterocycles. The van der Waals surface area contributed by atoms with Crippen LogP contribution in [-0.4, -0.2) is 12.7 Å². The molecule has 90 valence electrons. The molecule has 16 heavy (non-hydrogen) atoms. The fraction of sp³-hybridized carbons (Fsp3) is 0.455. The molecule has 0 heterocycles. The van der Waals surface area contributed by atoms with E-state index in [2.05, 4.69) is 5.32 Å². The van der Waals surface area contributed by atoms with Crippen LogP contribution in [0, 0.1) is 5.82 Å². The van der Waals surface area contributed by atoms with Crippen molar-refractivity contribution in [3.63, 3.8) is 0 Å². The summed E-state index contributed by atoms with van der Waals surface area (Å²) in [5, 5.41) is 2.64. The highest BCUT2D eigenvalue weighted by Gasteiger charge is 2.26. The molecule has 1 N–H and O–H groups in total. The minimum Gasteiger partial charge on any atom is -0.310 e. The van der Waals surface area contributed by atoms with Gasteiger partial charge in [0, 0.05) is 18.2 Å². The van der Waals surface area contributed by atoms with E-state index in [0.717, 1.165) is 0 Å². The Morgan fingerprint density at radius 2 is 1.88 bits per heavy atom. The monoisotopic (exact) mass is 235 g/mol. The van der Waals surface area contributed by atoms with Gasteiger partial charge in [0.05, 0.1) is 6.42 Å². The zero-order chi connectivity index (χ0) is 12.2. The first-order valence-electron chi connectivity index (χ1n) is 4.95. The summed E-state index contributed by atoms with van der Waals surface area (Å²) in [4.78, 5) is 0. The van der Waals surface area contributed by atoms with Crippen molar-refractivity contribution < 1.29 is 17.6 Å². The lowest BCUT2D eigenvalue weighted by Crippen LogP contribution is -2.25. The number of hydrogen-bond acceptors (Lipinski definition) is 1. The van der Waals surface area contributed by atoms with Gasteiger partial charge in [-0.15, -0.1) is 0 Å². The second-order valence-corrected chi connectivity index (χ2v) is 3.56. The van der Waals surface area contributed by atoms with E-state index in [4.69, 9.17) is 0 Å². The van der Waals surface area contributed by atoms with Gasteiger partial charge >= 0.3 is 6.18 Å². The molecular formula is C11H13F4N. The Kier molecular flexibility index (Phi) is 4.29. The van der Waals surface area contributed by atoms with Crippen LogP contribution in [0.1, 0.15) is 24.9 Å². The first-order valence-corrected chi connectivity index (χ1v) is 4.95. The van der Waals surface area contributed by atoms with Gasteiger partial charge in [-0.25, -0.2) is 4.39 Å². The highest BCUT2D eigenvalue weighted by molar-refractivity contribution is 5.20. The number of alkyl halides is 3. The quantitative estimate of drug-likeness (QED) is 0.788. The summed E-state index contributed by atoms with van der Waals surface area (Å²) in [6.07, 6.45) is -5.09. The van der Waals surface area contributed by atoms with E-state index in [9.17, 15) is 17.6 Å². The molecule has 0 aromatic heterocycles. The van der Waals surface area contributed by atoms with E-state index < -0.39 is 24.5 Å². The Labute approximate surface area is 91.5 Å². The van der Waals surface area contributed by atoms with Crippen molar-refractivity contribution >= 4 is 0 Å². The van der Waals surface area contributed by atoms with Crippen LogP contribution in [0.2, 0.25) is 0 Å². The molecule has 0 radical (unpaired) electrons. The summed E-state index contributed by atoms with van der Waals surface area (Å²) in [7, 11) is 0. The lowest BCUT2D eigenvalue weighted by molar-refractivity contribution is -0.133. The third-order valence-corrected chi connectivity index (χ3v) is 2.23. The van der Waals surface area contributed by atoms with E-state index >= 15 is 0 Å². The minimum absolute atomic E-state index is 0.209. The third kappa shape index (κ3) is 4.18. The summed E-state index contributed by atoms with van der Waals surface area (Å²) in [6, 6.07) is 5.61. The van der Waals surface area contributed by atoms with Gasteiger partial charge in [0.25, 0.3) is 0 Å². The van der Waals surface area contributed by atoms with Crippen molar-refractivity contribution in [3.05, 3.63) is 35.6 Å². The SMILES string of the molecule is CC(NCCC(F)(F)F)c1ccccc1F. The minimum atomic E-state index is -4.18. The largest absolute Gasteiger partial charge is 0.390 e. The van der Waals surface area contributed by atoms with Gasteiger partial charge in [-0.3, -0.25) is 0 Å². The number of nitrogens with one attached hydrogen (secondary N) is 1. The van der Waals surface area contributed by atoms with E-state index in [1.807, 2.05) is 0 Å². The first kappa shape index (κ1) is 13.0. The van der Waals surface area contributed by atoms with Gasteiger partial charge in [-0.2, -0.15) is 13.2 Å². The Morgan fingerprint density at radius 3 is 2.44 bits per heavy atom. The molecule has 0 bridgehead atoms. The van der Waals surface area contributed by atoms with Gasteiger partial charge in [-0.05, 0) is 13.0 Å². The van der Waals surface area contributed by atoms with Crippen molar-refractivity contribution in [2.75, 3.05) is 6.54 Å². The predicted octanol–water partition coefficient (Wildman–Crippen LogP) is 3.43. The summed E-state index contributed by atoms with van der Waals surface area (Å²) in [6.45, 7) is 1.42. The number of rotatable bonds is 4. The lowest BCUT2D eigenvalue weighted by Gasteiger charge is -2.15. The van der Waals surface area contributed by atoms with Crippen LogP contribution in [0.3, 0.4) is 0 Å². The molecule has 5 heteroatoms. The van der Waals surface area contributed by atoms with Crippen molar-refractivity contribution in [3.8, 4) is 0 Å². The van der Waals surface area contributed by atoms with Gasteiger partial charge in [0.1, 0.15) is 5.82 Å². The zero-order valence-electron chi connectivity index (χ0n) is 8.81. The molecule has 1 aromatic carbocycles. The Morgan fingerprint density at radius 1 is 1.25 bits per heavy atom. The summed E-state index contributed by atoms with van der Waals surface area (Å²) in [5.41, 5.74) is 0.379. The van der Waals surface area contributed by atoms with Crippen molar-refractivity contribution in [1.29, 1.82) is 0 Å². The fourth-order valence-electron chi connectivity index (χ4n) is 1.37. The average Bonchev–Trinajstić information content (AvgIpc) is 2.16. The second kappa shape index (κ2) is 5.30. The van der Waals surface area contributed by atoms with Crippen LogP contribution < -0.4 is 5.32 Å². The van der Waals surface area contributed by atoms with Crippen LogP contribution >= 0.6 is 0 Å². The van der Waals surface area contributed by atoms with Crippen LogP contribution in [-0.2, 0) is 0 Å². The molecule has 0 aliphatic rings. The lowest BCUT2D eigenvalue weighted by atomic mass is 10.1. The van der Waals surface area contributed by atoms with E-state index in [1.165, 1.54) is 6.07 Å². The Hall–Kier alpha value is -1.10. The molecule has 0 aliphatic heterocycles. The molecule has 1 atom stereocenters. The second-order valence-electron chi connectivity index (χ2n) is 3.56. The van der Waals surface area contributed by atoms with Gasteiger partial charge in [0.2, 0.25) is 0 Å². The molecule has 1 nitrogen and oxygen atoms in total. The molecule has 1 rings (SSSR count).